The number of carbonyl (C=O) groups excluding carboxylic acids is 1. The van der Waals surface area contributed by atoms with E-state index in [0.29, 0.717) is 16.8 Å². The number of benzene rings is 3. The van der Waals surface area contributed by atoms with Gasteiger partial charge in [-0.3, -0.25) is 4.79 Å². The van der Waals surface area contributed by atoms with Gasteiger partial charge in [0.05, 0.1) is 16.8 Å². The second kappa shape index (κ2) is 6.17. The first-order valence-electron chi connectivity index (χ1n) is 9.17. The van der Waals surface area contributed by atoms with Gasteiger partial charge < -0.3 is 5.11 Å². The van der Waals surface area contributed by atoms with Gasteiger partial charge in [0.1, 0.15) is 5.76 Å². The second-order valence-corrected chi connectivity index (χ2v) is 7.07. The number of rotatable bonds is 2. The lowest BCUT2D eigenvalue weighted by molar-refractivity contribution is 0.105. The molecule has 0 atom stereocenters. The third-order valence-electron chi connectivity index (χ3n) is 5.22. The van der Waals surface area contributed by atoms with Crippen molar-refractivity contribution in [3.05, 3.63) is 101 Å². The Balaban J connectivity index is 1.58. The first kappa shape index (κ1) is 16.5. The van der Waals surface area contributed by atoms with Crippen molar-refractivity contribution in [2.75, 3.05) is 0 Å². The summed E-state index contributed by atoms with van der Waals surface area (Å²) in [6.07, 6.45) is 0. The Morgan fingerprint density at radius 2 is 1.50 bits per heavy atom. The van der Waals surface area contributed by atoms with Gasteiger partial charge >= 0.3 is 0 Å². The van der Waals surface area contributed by atoms with E-state index >= 15 is 0 Å². The molecule has 0 bridgehead atoms. The zero-order valence-electron chi connectivity index (χ0n) is 15.3. The third-order valence-corrected chi connectivity index (χ3v) is 5.22. The maximum atomic E-state index is 12.8. The summed E-state index contributed by atoms with van der Waals surface area (Å²) in [6, 6.07) is 25.3. The molecular weight excluding hydrogens is 346 g/mol. The standard InChI is InChI=1S/C25H17NO2/c1-15-6-8-16(9-7-15)17-10-12-21-18(14-17)11-13-22(26-21)23-24(27)19-4-2-3-5-20(19)25(23)28/h2-14,27H,1H3. The normalized spacial score (nSPS) is 13.2. The molecule has 3 aromatic carbocycles. The lowest BCUT2D eigenvalue weighted by Gasteiger charge is -2.07. The first-order chi connectivity index (χ1) is 13.6. The average Bonchev–Trinajstić information content (AvgIpc) is 2.98. The number of nitrogens with zero attached hydrogens (tertiary/aromatic N) is 1. The van der Waals surface area contributed by atoms with Crippen LogP contribution in [0.4, 0.5) is 0 Å². The molecule has 0 spiro atoms. The number of allylic oxidation sites excluding steroid dienone is 1. The van der Waals surface area contributed by atoms with Crippen molar-refractivity contribution < 1.29 is 9.90 Å². The molecule has 0 radical (unpaired) electrons. The average molecular weight is 363 g/mol. The quantitative estimate of drug-likeness (QED) is 0.487. The minimum Gasteiger partial charge on any atom is -0.506 e. The molecule has 5 rings (SSSR count). The van der Waals surface area contributed by atoms with Crippen molar-refractivity contribution >= 4 is 28.0 Å². The molecule has 0 unspecified atom stereocenters. The highest BCUT2D eigenvalue weighted by Crippen LogP contribution is 2.36. The highest BCUT2D eigenvalue weighted by atomic mass is 16.3. The van der Waals surface area contributed by atoms with E-state index in [2.05, 4.69) is 42.2 Å². The molecule has 0 fully saturated rings. The van der Waals surface area contributed by atoms with Gasteiger partial charge in [0, 0.05) is 16.5 Å². The zero-order valence-corrected chi connectivity index (χ0v) is 15.3. The summed E-state index contributed by atoms with van der Waals surface area (Å²) in [4.78, 5) is 17.4. The largest absolute Gasteiger partial charge is 0.506 e. The smallest absolute Gasteiger partial charge is 0.199 e. The van der Waals surface area contributed by atoms with Crippen LogP contribution >= 0.6 is 0 Å². The molecule has 4 aromatic rings. The number of aromatic nitrogens is 1. The minimum absolute atomic E-state index is 0.00345. The summed E-state index contributed by atoms with van der Waals surface area (Å²) >= 11 is 0. The van der Waals surface area contributed by atoms with E-state index in [1.54, 1.807) is 24.3 Å². The van der Waals surface area contributed by atoms with E-state index in [4.69, 9.17) is 0 Å². The number of aryl methyl sites for hydroxylation is 1. The Hall–Kier alpha value is -3.72. The number of fused-ring (bicyclic) bond motifs is 2. The zero-order chi connectivity index (χ0) is 19.3. The van der Waals surface area contributed by atoms with Crippen molar-refractivity contribution in [3.8, 4) is 11.1 Å². The Labute approximate surface area is 162 Å². The molecule has 28 heavy (non-hydrogen) atoms. The highest BCUT2D eigenvalue weighted by molar-refractivity contribution is 6.38. The number of pyridine rings is 1. The van der Waals surface area contributed by atoms with Crippen molar-refractivity contribution in [1.29, 1.82) is 0 Å². The van der Waals surface area contributed by atoms with Crippen LogP contribution in [0.3, 0.4) is 0 Å². The van der Waals surface area contributed by atoms with Gasteiger partial charge in [0.2, 0.25) is 0 Å². The monoisotopic (exact) mass is 363 g/mol. The number of aliphatic hydroxyl groups excluding tert-OH is 1. The topological polar surface area (TPSA) is 50.2 Å². The molecule has 1 aromatic heterocycles. The van der Waals surface area contributed by atoms with E-state index in [-0.39, 0.29) is 17.1 Å². The highest BCUT2D eigenvalue weighted by Gasteiger charge is 2.31. The fourth-order valence-electron chi connectivity index (χ4n) is 3.69. The summed E-state index contributed by atoms with van der Waals surface area (Å²) in [6.45, 7) is 2.07. The van der Waals surface area contributed by atoms with Crippen molar-refractivity contribution in [2.24, 2.45) is 0 Å². The van der Waals surface area contributed by atoms with Gasteiger partial charge in [-0.2, -0.15) is 0 Å². The van der Waals surface area contributed by atoms with Gasteiger partial charge in [-0.1, -0.05) is 66.2 Å². The maximum absolute atomic E-state index is 12.8. The molecule has 134 valence electrons. The van der Waals surface area contributed by atoms with Crippen LogP contribution in [-0.4, -0.2) is 15.9 Å². The Bertz CT molecular complexity index is 1280. The van der Waals surface area contributed by atoms with E-state index < -0.39 is 0 Å². The molecule has 1 heterocycles. The van der Waals surface area contributed by atoms with Gasteiger partial charge in [-0.05, 0) is 36.2 Å². The van der Waals surface area contributed by atoms with Crippen LogP contribution in [0.1, 0.15) is 27.2 Å². The molecule has 1 aliphatic carbocycles. The van der Waals surface area contributed by atoms with E-state index in [9.17, 15) is 9.90 Å². The number of ketones is 1. The van der Waals surface area contributed by atoms with E-state index in [1.807, 2.05) is 24.3 Å². The molecule has 0 aliphatic heterocycles. The molecule has 0 saturated carbocycles. The predicted octanol–water partition coefficient (Wildman–Crippen LogP) is 5.83. The summed E-state index contributed by atoms with van der Waals surface area (Å²) in [5.74, 6) is -0.181. The summed E-state index contributed by atoms with van der Waals surface area (Å²) < 4.78 is 0. The van der Waals surface area contributed by atoms with Crippen LogP contribution in [0.2, 0.25) is 0 Å². The van der Waals surface area contributed by atoms with E-state index in [0.717, 1.165) is 22.0 Å². The molecule has 0 saturated heterocycles. The maximum Gasteiger partial charge on any atom is 0.199 e. The van der Waals surface area contributed by atoms with E-state index in [1.165, 1.54) is 5.56 Å². The first-order valence-corrected chi connectivity index (χ1v) is 9.17. The lowest BCUT2D eigenvalue weighted by atomic mass is 10.0. The third kappa shape index (κ3) is 2.52. The fourth-order valence-corrected chi connectivity index (χ4v) is 3.69. The number of hydrogen-bond donors (Lipinski definition) is 1. The van der Waals surface area contributed by atoms with Crippen LogP contribution < -0.4 is 0 Å². The number of hydrogen-bond acceptors (Lipinski definition) is 3. The van der Waals surface area contributed by atoms with Crippen LogP contribution in [0.15, 0.2) is 78.9 Å². The van der Waals surface area contributed by atoms with Gasteiger partial charge in [0.15, 0.2) is 5.78 Å². The van der Waals surface area contributed by atoms with Gasteiger partial charge in [0.25, 0.3) is 0 Å². The molecule has 3 nitrogen and oxygen atoms in total. The number of aliphatic hydroxyl groups is 1. The molecule has 1 N–H and O–H groups in total. The lowest BCUT2D eigenvalue weighted by Crippen LogP contribution is -2.00. The van der Waals surface area contributed by atoms with Crippen LogP contribution in [0.5, 0.6) is 0 Å². The summed E-state index contributed by atoms with van der Waals surface area (Å²) in [5, 5.41) is 11.6. The van der Waals surface area contributed by atoms with Gasteiger partial charge in [-0.25, -0.2) is 4.98 Å². The minimum atomic E-state index is -0.184. The van der Waals surface area contributed by atoms with Crippen molar-refractivity contribution in [1.82, 2.24) is 4.98 Å². The summed E-state index contributed by atoms with van der Waals surface area (Å²) in [7, 11) is 0. The fraction of sp³-hybridized carbons (Fsp3) is 0.0400. The molecule has 0 amide bonds. The molecule has 3 heteroatoms. The van der Waals surface area contributed by atoms with Crippen molar-refractivity contribution in [2.45, 2.75) is 6.92 Å². The van der Waals surface area contributed by atoms with Crippen LogP contribution in [0, 0.1) is 6.92 Å². The number of Topliss-reactive ketones (excluding diaryl/α,β-unsaturated/α-hetero) is 1. The molecular formula is C25H17NO2. The van der Waals surface area contributed by atoms with Crippen LogP contribution in [-0.2, 0) is 0 Å². The van der Waals surface area contributed by atoms with Gasteiger partial charge in [-0.15, -0.1) is 0 Å². The summed E-state index contributed by atoms with van der Waals surface area (Å²) in [5.41, 5.74) is 6.14. The Morgan fingerprint density at radius 1 is 0.786 bits per heavy atom. The Morgan fingerprint density at radius 3 is 2.25 bits per heavy atom. The SMILES string of the molecule is Cc1ccc(-c2ccc3nc(C4=C(O)c5ccccc5C4=O)ccc3c2)cc1. The predicted molar refractivity (Wildman–Crippen MR) is 112 cm³/mol. The molecule has 1 aliphatic rings. The van der Waals surface area contributed by atoms with Crippen molar-refractivity contribution in [3.63, 3.8) is 0 Å². The Kier molecular flexibility index (Phi) is 3.63. The second-order valence-electron chi connectivity index (χ2n) is 7.07. The number of carbonyl (C=O) groups is 1. The van der Waals surface area contributed by atoms with Crippen LogP contribution in [0.25, 0.3) is 33.4 Å².